The van der Waals surface area contributed by atoms with Crippen LogP contribution in [0, 0.1) is 28.9 Å². The lowest BCUT2D eigenvalue weighted by atomic mass is 10.0. The topological polar surface area (TPSA) is 131 Å². The first-order valence-electron chi connectivity index (χ1n) is 11.5. The number of imide groups is 1. The molecule has 10 heteroatoms. The third-order valence-electron chi connectivity index (χ3n) is 4.59. The lowest BCUT2D eigenvalue weighted by Crippen LogP contribution is -2.31. The number of thiocyanates is 1. The molecule has 0 aromatic heterocycles. The molecule has 0 N–H and O–H groups in total. The molecule has 2 aliphatic rings. The molecular weight excluding hydrogens is 484 g/mol. The first kappa shape index (κ1) is 32.4. The van der Waals surface area contributed by atoms with Crippen LogP contribution in [0.2, 0.25) is 0 Å². The molecule has 0 aliphatic carbocycles. The summed E-state index contributed by atoms with van der Waals surface area (Å²) in [6.45, 7) is 7.41. The maximum Gasteiger partial charge on any atom is 0.332 e. The van der Waals surface area contributed by atoms with E-state index in [1.807, 2.05) is 24.5 Å². The average molecular weight is 517 g/mol. The Balaban J connectivity index is 0.000000478. The number of esters is 2. The minimum absolute atomic E-state index is 0.0947. The van der Waals surface area contributed by atoms with Crippen molar-refractivity contribution in [1.82, 2.24) is 5.06 Å². The van der Waals surface area contributed by atoms with Crippen molar-refractivity contribution in [3.63, 3.8) is 0 Å². The van der Waals surface area contributed by atoms with E-state index in [1.165, 1.54) is 17.3 Å². The van der Waals surface area contributed by atoms with Crippen LogP contribution in [0.1, 0.15) is 71.8 Å². The largest absolute Gasteiger partial charge is 0.393 e. The number of amides is 2. The maximum absolute atomic E-state index is 10.9. The van der Waals surface area contributed by atoms with E-state index in [9.17, 15) is 24.0 Å². The lowest BCUT2D eigenvalue weighted by molar-refractivity contribution is -0.197. The van der Waals surface area contributed by atoms with E-state index in [1.54, 1.807) is 13.8 Å². The van der Waals surface area contributed by atoms with E-state index >= 15 is 0 Å². The summed E-state index contributed by atoms with van der Waals surface area (Å²) >= 11 is 1.20. The highest BCUT2D eigenvalue weighted by molar-refractivity contribution is 8.03. The van der Waals surface area contributed by atoms with Crippen LogP contribution in [-0.4, -0.2) is 34.8 Å². The summed E-state index contributed by atoms with van der Waals surface area (Å²) in [4.78, 5) is 58.9. The zero-order valence-electron chi connectivity index (χ0n) is 21.1. The van der Waals surface area contributed by atoms with E-state index in [-0.39, 0.29) is 31.1 Å². The first-order valence-corrected chi connectivity index (χ1v) is 12.3. The van der Waals surface area contributed by atoms with Crippen LogP contribution in [0.5, 0.6) is 0 Å². The summed E-state index contributed by atoms with van der Waals surface area (Å²) < 4.78 is 4.32. The van der Waals surface area contributed by atoms with Gasteiger partial charge < -0.3 is 9.57 Å². The third kappa shape index (κ3) is 13.3. The van der Waals surface area contributed by atoms with E-state index in [0.717, 1.165) is 17.7 Å². The second kappa shape index (κ2) is 18.7. The van der Waals surface area contributed by atoms with Gasteiger partial charge in [-0.25, -0.2) is 4.79 Å². The van der Waals surface area contributed by atoms with Crippen LogP contribution in [-0.2, 0) is 40.0 Å². The van der Waals surface area contributed by atoms with E-state index < -0.39 is 23.8 Å². The number of nitriles is 1. The maximum atomic E-state index is 10.9. The lowest BCUT2D eigenvalue weighted by Gasteiger charge is -2.14. The van der Waals surface area contributed by atoms with Crippen molar-refractivity contribution in [1.29, 1.82) is 5.26 Å². The Hall–Kier alpha value is -3.63. The van der Waals surface area contributed by atoms with Crippen molar-refractivity contribution in [2.75, 3.05) is 0 Å². The zero-order valence-corrected chi connectivity index (χ0v) is 21.9. The van der Waals surface area contributed by atoms with Crippen molar-refractivity contribution >= 4 is 41.5 Å². The van der Waals surface area contributed by atoms with Gasteiger partial charge in [0.25, 0.3) is 11.8 Å². The molecule has 0 unspecified atom stereocenters. The van der Waals surface area contributed by atoms with E-state index in [0.29, 0.717) is 17.9 Å². The molecule has 2 fully saturated rings. The Kier molecular flexibility index (Phi) is 16.8. The fourth-order valence-electron chi connectivity index (χ4n) is 2.39. The van der Waals surface area contributed by atoms with Crippen molar-refractivity contribution in [3.8, 4) is 17.7 Å². The molecule has 0 saturated carbocycles. The fraction of sp³-hybridized carbons (Fsp3) is 0.462. The van der Waals surface area contributed by atoms with Gasteiger partial charge in [-0.3, -0.25) is 19.2 Å². The molecule has 2 heterocycles. The number of terminal acetylenes is 1. The number of carbonyl (C=O) groups is 5. The number of carbonyl (C=O) groups excluding carboxylic acids is 5. The van der Waals surface area contributed by atoms with Crippen molar-refractivity contribution in [3.05, 3.63) is 29.8 Å². The number of ether oxygens (including phenoxy) is 1. The average Bonchev–Trinajstić information content (AvgIpc) is 3.20. The molecule has 3 rings (SSSR count). The standard InChI is InChI=1S/C9H9NS.C7H9NO4.C6H8O3.C4H6/c1-2-8-3-5-9(6-4-8)11-7-10;1-2-7(11)12-8-5(9)3-4-6(8)10;1-4-2-3-5(7)9-6(4)8;1-3-4-2/h3-6H,2H2,1H3;2-4H2,1H3;4H,2-3H2,1H3;1H,4H2,2H3/t;;4-;/m..0./s1. The first-order chi connectivity index (χ1) is 17.1. The van der Waals surface area contributed by atoms with E-state index in [4.69, 9.17) is 11.7 Å². The molecule has 2 amide bonds. The summed E-state index contributed by atoms with van der Waals surface area (Å²) in [5, 5.41) is 10.9. The Labute approximate surface area is 216 Å². The van der Waals surface area contributed by atoms with Gasteiger partial charge in [-0.2, -0.15) is 5.26 Å². The quantitative estimate of drug-likeness (QED) is 0.143. The molecule has 9 nitrogen and oxygen atoms in total. The van der Waals surface area contributed by atoms with Gasteiger partial charge >= 0.3 is 17.9 Å². The van der Waals surface area contributed by atoms with Gasteiger partial charge in [0.05, 0.1) is 5.92 Å². The predicted molar refractivity (Wildman–Crippen MR) is 133 cm³/mol. The molecule has 194 valence electrons. The van der Waals surface area contributed by atoms with Gasteiger partial charge in [-0.15, -0.1) is 17.4 Å². The SMILES string of the molecule is C#CCC.CCC(=O)ON1C(=O)CCC1=O.CCc1ccc(SC#N)cc1.C[C@H]1CCC(=O)OC1=O. The van der Waals surface area contributed by atoms with Crippen LogP contribution in [0.4, 0.5) is 0 Å². The third-order valence-corrected chi connectivity index (χ3v) is 5.18. The Morgan fingerprint density at radius 2 is 1.67 bits per heavy atom. The summed E-state index contributed by atoms with van der Waals surface area (Å²) in [6, 6.07) is 8.07. The van der Waals surface area contributed by atoms with Gasteiger partial charge in [0.15, 0.2) is 0 Å². The van der Waals surface area contributed by atoms with Gasteiger partial charge in [0.1, 0.15) is 5.40 Å². The summed E-state index contributed by atoms with van der Waals surface area (Å²) in [5.74, 6) is 0.106. The van der Waals surface area contributed by atoms with Crippen LogP contribution in [0.25, 0.3) is 0 Å². The number of hydrogen-bond acceptors (Lipinski definition) is 9. The van der Waals surface area contributed by atoms with Crippen molar-refractivity contribution in [2.24, 2.45) is 5.92 Å². The van der Waals surface area contributed by atoms with E-state index in [2.05, 4.69) is 34.6 Å². The second-order valence-electron chi connectivity index (χ2n) is 7.38. The number of hydrogen-bond donors (Lipinski definition) is 0. The minimum Gasteiger partial charge on any atom is -0.393 e. The Morgan fingerprint density at radius 1 is 1.11 bits per heavy atom. The Morgan fingerprint density at radius 3 is 2.06 bits per heavy atom. The molecule has 36 heavy (non-hydrogen) atoms. The van der Waals surface area contributed by atoms with Crippen LogP contribution < -0.4 is 0 Å². The molecular formula is C26H32N2O7S. The monoisotopic (exact) mass is 516 g/mol. The highest BCUT2D eigenvalue weighted by atomic mass is 32.2. The number of benzene rings is 1. The minimum atomic E-state index is -0.571. The van der Waals surface area contributed by atoms with Crippen LogP contribution in [0.3, 0.4) is 0 Å². The second-order valence-corrected chi connectivity index (χ2v) is 8.24. The van der Waals surface area contributed by atoms with Gasteiger partial charge in [0, 0.05) is 37.0 Å². The number of cyclic esters (lactones) is 2. The molecule has 0 radical (unpaired) electrons. The zero-order chi connectivity index (χ0) is 27.5. The van der Waals surface area contributed by atoms with Crippen LogP contribution in [0.15, 0.2) is 29.2 Å². The molecule has 1 aromatic rings. The normalized spacial score (nSPS) is 15.9. The Bertz CT molecular complexity index is 961. The predicted octanol–water partition coefficient (Wildman–Crippen LogP) is 4.34. The van der Waals surface area contributed by atoms with Gasteiger partial charge in [-0.05, 0) is 42.3 Å². The number of hydroxylamine groups is 2. The molecule has 1 aromatic carbocycles. The summed E-state index contributed by atoms with van der Waals surface area (Å²) in [6.07, 6.45) is 8.12. The molecule has 1 atom stereocenters. The fourth-order valence-corrected chi connectivity index (χ4v) is 2.76. The molecule has 0 spiro atoms. The van der Waals surface area contributed by atoms with Crippen molar-refractivity contribution < 1.29 is 33.5 Å². The van der Waals surface area contributed by atoms with Crippen LogP contribution >= 0.6 is 11.8 Å². The molecule has 2 aliphatic heterocycles. The highest BCUT2D eigenvalue weighted by Gasteiger charge is 2.32. The molecule has 0 bridgehead atoms. The van der Waals surface area contributed by atoms with Crippen molar-refractivity contribution in [2.45, 2.75) is 77.5 Å². The molecule has 2 saturated heterocycles. The number of nitrogens with zero attached hydrogens (tertiary/aromatic N) is 2. The smallest absolute Gasteiger partial charge is 0.332 e. The van der Waals surface area contributed by atoms with Gasteiger partial charge in [0.2, 0.25) is 0 Å². The number of rotatable bonds is 4. The number of thioether (sulfide) groups is 1. The summed E-state index contributed by atoms with van der Waals surface area (Å²) in [7, 11) is 0. The van der Waals surface area contributed by atoms with Gasteiger partial charge in [-0.1, -0.05) is 39.8 Å². The highest BCUT2D eigenvalue weighted by Crippen LogP contribution is 2.17. The number of aryl methyl sites for hydroxylation is 1. The summed E-state index contributed by atoms with van der Waals surface area (Å²) in [5.41, 5.74) is 1.31.